The first-order chi connectivity index (χ1) is 16.4. The van der Waals surface area contributed by atoms with Crippen LogP contribution in [0.3, 0.4) is 0 Å². The first-order valence-corrected chi connectivity index (χ1v) is 12.5. The fourth-order valence-corrected chi connectivity index (χ4v) is 4.96. The third-order valence-corrected chi connectivity index (χ3v) is 7.17. The van der Waals surface area contributed by atoms with Crippen molar-refractivity contribution in [1.29, 1.82) is 0 Å². The summed E-state index contributed by atoms with van der Waals surface area (Å²) in [6.45, 7) is 8.82. The van der Waals surface area contributed by atoms with Crippen molar-refractivity contribution in [3.05, 3.63) is 53.1 Å². The van der Waals surface area contributed by atoms with Gasteiger partial charge in [-0.05, 0) is 69.1 Å². The second-order valence-electron chi connectivity index (χ2n) is 9.21. The zero-order chi connectivity index (χ0) is 24.1. The number of para-hydroxylation sites is 1. The molecule has 2 aromatic rings. The van der Waals surface area contributed by atoms with Gasteiger partial charge in [0.05, 0.1) is 10.7 Å². The number of aryl methyl sites for hydroxylation is 1. The van der Waals surface area contributed by atoms with Gasteiger partial charge in [0.2, 0.25) is 5.91 Å². The summed E-state index contributed by atoms with van der Waals surface area (Å²) in [4.78, 5) is 31.5. The SMILES string of the molecule is Cc1cccc(Cl)c1NC(=O)N1CCN(c2ccc(NC(=O)CCN3CCCC3C)cc2)CC1. The summed E-state index contributed by atoms with van der Waals surface area (Å²) in [5.74, 6) is 0.0558. The lowest BCUT2D eigenvalue weighted by Gasteiger charge is -2.36. The predicted octanol–water partition coefficient (Wildman–Crippen LogP) is 4.82. The number of benzene rings is 2. The number of amides is 3. The van der Waals surface area contributed by atoms with Crippen LogP contribution < -0.4 is 15.5 Å². The molecule has 1 unspecified atom stereocenters. The molecule has 1 atom stereocenters. The molecule has 2 aliphatic heterocycles. The highest BCUT2D eigenvalue weighted by Gasteiger charge is 2.23. The van der Waals surface area contributed by atoms with E-state index in [1.807, 2.05) is 48.2 Å². The van der Waals surface area contributed by atoms with Gasteiger partial charge in [0.25, 0.3) is 0 Å². The molecule has 2 N–H and O–H groups in total. The molecular formula is C26H34ClN5O2. The van der Waals surface area contributed by atoms with Crippen LogP contribution in [0.1, 0.15) is 31.7 Å². The molecule has 2 heterocycles. The van der Waals surface area contributed by atoms with Crippen LogP contribution in [-0.4, -0.2) is 67.0 Å². The second-order valence-corrected chi connectivity index (χ2v) is 9.62. The molecule has 0 spiro atoms. The molecule has 0 bridgehead atoms. The fourth-order valence-electron chi connectivity index (χ4n) is 4.69. The van der Waals surface area contributed by atoms with Gasteiger partial charge >= 0.3 is 6.03 Å². The van der Waals surface area contributed by atoms with Gasteiger partial charge in [-0.1, -0.05) is 23.7 Å². The number of rotatable bonds is 6. The highest BCUT2D eigenvalue weighted by atomic mass is 35.5. The molecule has 3 amide bonds. The summed E-state index contributed by atoms with van der Waals surface area (Å²) < 4.78 is 0. The van der Waals surface area contributed by atoms with Crippen molar-refractivity contribution in [3.63, 3.8) is 0 Å². The summed E-state index contributed by atoms with van der Waals surface area (Å²) in [5, 5.41) is 6.51. The zero-order valence-electron chi connectivity index (χ0n) is 20.0. The fraction of sp³-hybridized carbons (Fsp3) is 0.462. The Morgan fingerprint density at radius 3 is 2.38 bits per heavy atom. The molecule has 2 fully saturated rings. The van der Waals surface area contributed by atoms with E-state index in [0.717, 1.165) is 43.1 Å². The van der Waals surface area contributed by atoms with E-state index >= 15 is 0 Å². The number of nitrogens with zero attached hydrogens (tertiary/aromatic N) is 3. The third kappa shape index (κ3) is 6.02. The number of nitrogens with one attached hydrogen (secondary N) is 2. The van der Waals surface area contributed by atoms with Crippen LogP contribution in [0, 0.1) is 6.92 Å². The van der Waals surface area contributed by atoms with E-state index in [2.05, 4.69) is 27.4 Å². The first-order valence-electron chi connectivity index (χ1n) is 12.1. The quantitative estimate of drug-likeness (QED) is 0.618. The molecule has 8 heteroatoms. The Hall–Kier alpha value is -2.77. The van der Waals surface area contributed by atoms with Gasteiger partial charge in [0.1, 0.15) is 0 Å². The Balaban J connectivity index is 1.23. The van der Waals surface area contributed by atoms with Gasteiger partial charge in [-0.2, -0.15) is 0 Å². The zero-order valence-corrected chi connectivity index (χ0v) is 20.8. The number of carbonyl (C=O) groups excluding carboxylic acids is 2. The van der Waals surface area contributed by atoms with Gasteiger partial charge in [-0.3, -0.25) is 4.79 Å². The van der Waals surface area contributed by atoms with Crippen molar-refractivity contribution < 1.29 is 9.59 Å². The van der Waals surface area contributed by atoms with E-state index in [1.165, 1.54) is 12.8 Å². The lowest BCUT2D eigenvalue weighted by molar-refractivity contribution is -0.116. The summed E-state index contributed by atoms with van der Waals surface area (Å²) in [5.41, 5.74) is 3.52. The van der Waals surface area contributed by atoms with Crippen molar-refractivity contribution in [2.45, 2.75) is 39.2 Å². The molecule has 182 valence electrons. The smallest absolute Gasteiger partial charge is 0.322 e. The second kappa shape index (κ2) is 11.1. The monoisotopic (exact) mass is 483 g/mol. The highest BCUT2D eigenvalue weighted by molar-refractivity contribution is 6.33. The van der Waals surface area contributed by atoms with E-state index in [1.54, 1.807) is 6.07 Å². The minimum atomic E-state index is -0.128. The molecule has 0 aromatic heterocycles. The van der Waals surface area contributed by atoms with Gasteiger partial charge in [0, 0.05) is 56.6 Å². The maximum absolute atomic E-state index is 12.7. The van der Waals surface area contributed by atoms with Crippen molar-refractivity contribution in [2.75, 3.05) is 54.8 Å². The minimum absolute atomic E-state index is 0.0558. The van der Waals surface area contributed by atoms with Crippen molar-refractivity contribution >= 4 is 40.6 Å². The van der Waals surface area contributed by atoms with Crippen LogP contribution in [0.2, 0.25) is 5.02 Å². The average molecular weight is 484 g/mol. The normalized spacial score (nSPS) is 18.7. The maximum Gasteiger partial charge on any atom is 0.322 e. The van der Waals surface area contributed by atoms with Crippen LogP contribution >= 0.6 is 11.6 Å². The van der Waals surface area contributed by atoms with E-state index in [0.29, 0.717) is 36.3 Å². The Morgan fingerprint density at radius 1 is 1.00 bits per heavy atom. The Labute approximate surface area is 207 Å². The molecule has 2 aromatic carbocycles. The number of halogens is 1. The number of urea groups is 1. The van der Waals surface area contributed by atoms with E-state index < -0.39 is 0 Å². The largest absolute Gasteiger partial charge is 0.368 e. The Morgan fingerprint density at radius 2 is 1.74 bits per heavy atom. The number of anilines is 3. The lowest BCUT2D eigenvalue weighted by Crippen LogP contribution is -2.50. The predicted molar refractivity (Wildman–Crippen MR) is 139 cm³/mol. The maximum atomic E-state index is 12.7. The molecule has 2 saturated heterocycles. The summed E-state index contributed by atoms with van der Waals surface area (Å²) in [6.07, 6.45) is 2.97. The minimum Gasteiger partial charge on any atom is -0.368 e. The lowest BCUT2D eigenvalue weighted by atomic mass is 10.2. The topological polar surface area (TPSA) is 67.9 Å². The molecule has 0 radical (unpaired) electrons. The van der Waals surface area contributed by atoms with Gasteiger partial charge in [-0.15, -0.1) is 0 Å². The van der Waals surface area contributed by atoms with Gasteiger partial charge in [0.15, 0.2) is 0 Å². The first kappa shape index (κ1) is 24.4. The summed E-state index contributed by atoms with van der Waals surface area (Å²) >= 11 is 6.24. The van der Waals surface area contributed by atoms with Gasteiger partial charge < -0.3 is 25.3 Å². The number of likely N-dealkylation sites (tertiary alicyclic amines) is 1. The summed E-state index contributed by atoms with van der Waals surface area (Å²) in [6, 6.07) is 14.0. The van der Waals surface area contributed by atoms with Crippen LogP contribution in [0.5, 0.6) is 0 Å². The van der Waals surface area contributed by atoms with Crippen molar-refractivity contribution in [2.24, 2.45) is 0 Å². The van der Waals surface area contributed by atoms with E-state index in [4.69, 9.17) is 11.6 Å². The molecule has 0 saturated carbocycles. The molecule has 34 heavy (non-hydrogen) atoms. The molecule has 0 aliphatic carbocycles. The van der Waals surface area contributed by atoms with Gasteiger partial charge in [-0.25, -0.2) is 4.79 Å². The van der Waals surface area contributed by atoms with Crippen LogP contribution in [0.15, 0.2) is 42.5 Å². The molecule has 7 nitrogen and oxygen atoms in total. The number of hydrogen-bond donors (Lipinski definition) is 2. The van der Waals surface area contributed by atoms with Crippen molar-refractivity contribution in [1.82, 2.24) is 9.80 Å². The highest BCUT2D eigenvalue weighted by Crippen LogP contribution is 2.26. The van der Waals surface area contributed by atoms with E-state index in [-0.39, 0.29) is 11.9 Å². The number of hydrogen-bond acceptors (Lipinski definition) is 4. The van der Waals surface area contributed by atoms with Crippen LogP contribution in [-0.2, 0) is 4.79 Å². The number of carbonyl (C=O) groups is 2. The number of piperazine rings is 1. The third-order valence-electron chi connectivity index (χ3n) is 6.85. The van der Waals surface area contributed by atoms with E-state index in [9.17, 15) is 9.59 Å². The standard InChI is InChI=1S/C26H34ClN5O2/c1-19-5-3-7-23(27)25(19)29-26(34)32-17-15-31(16-18-32)22-10-8-21(9-11-22)28-24(33)12-14-30-13-4-6-20(30)2/h3,5,7-11,20H,4,6,12-18H2,1-2H3,(H,28,33)(H,29,34). The Kier molecular flexibility index (Phi) is 7.95. The molecule has 4 rings (SSSR count). The average Bonchev–Trinajstić information content (AvgIpc) is 3.25. The van der Waals surface area contributed by atoms with Crippen molar-refractivity contribution in [3.8, 4) is 0 Å². The Bertz CT molecular complexity index is 985. The molecule has 2 aliphatic rings. The van der Waals surface area contributed by atoms with Crippen LogP contribution in [0.4, 0.5) is 21.9 Å². The summed E-state index contributed by atoms with van der Waals surface area (Å²) in [7, 11) is 0. The molecular weight excluding hydrogens is 450 g/mol. The van der Waals surface area contributed by atoms with Crippen LogP contribution in [0.25, 0.3) is 0 Å².